The second kappa shape index (κ2) is 5.16. The van der Waals surface area contributed by atoms with Crippen molar-refractivity contribution in [2.45, 2.75) is 64.1 Å². The first-order valence-corrected chi connectivity index (χ1v) is 7.99. The summed E-state index contributed by atoms with van der Waals surface area (Å²) in [4.78, 5) is 2.75. The molecule has 0 aromatic heterocycles. The molecule has 7 heteroatoms. The third-order valence-corrected chi connectivity index (χ3v) is 6.18. The van der Waals surface area contributed by atoms with Crippen LogP contribution in [0.2, 0.25) is 0 Å². The summed E-state index contributed by atoms with van der Waals surface area (Å²) in [6.07, 6.45) is 4.05. The highest BCUT2D eigenvalue weighted by Crippen LogP contribution is 2.65. The summed E-state index contributed by atoms with van der Waals surface area (Å²) < 4.78 is 12.4. The topological polar surface area (TPSA) is 93.2 Å². The molecule has 1 saturated heterocycles. The molecule has 4 aliphatic rings. The van der Waals surface area contributed by atoms with Crippen molar-refractivity contribution < 1.29 is 9.31 Å². The Bertz CT molecular complexity index is 468. The van der Waals surface area contributed by atoms with Crippen molar-refractivity contribution in [1.82, 2.24) is 0 Å². The molecule has 4 fully saturated rings. The van der Waals surface area contributed by atoms with Gasteiger partial charge in [0.1, 0.15) is 0 Å². The number of nitrogens with two attached hydrogens (primary N) is 1. The monoisotopic (exact) mass is 292 g/mol. The fourth-order valence-corrected chi connectivity index (χ4v) is 4.66. The van der Waals surface area contributed by atoms with Crippen LogP contribution < -0.4 is 5.73 Å². The Morgan fingerprint density at radius 2 is 2.19 bits per heavy atom. The number of hydrogen-bond acceptors (Lipinski definition) is 4. The molecule has 0 aromatic rings. The third-order valence-electron chi connectivity index (χ3n) is 6.18. The van der Waals surface area contributed by atoms with Crippen LogP contribution in [0.3, 0.4) is 0 Å². The van der Waals surface area contributed by atoms with E-state index in [9.17, 15) is 0 Å². The van der Waals surface area contributed by atoms with Gasteiger partial charge in [0.15, 0.2) is 0 Å². The molecule has 3 saturated carbocycles. The maximum Gasteiger partial charge on any atom is 0.475 e. The first kappa shape index (κ1) is 15.2. The predicted molar refractivity (Wildman–Crippen MR) is 81.3 cm³/mol. The highest BCUT2D eigenvalue weighted by molar-refractivity contribution is 6.47. The normalized spacial score (nSPS) is 41.0. The van der Waals surface area contributed by atoms with Crippen LogP contribution in [0.15, 0.2) is 5.11 Å². The van der Waals surface area contributed by atoms with Gasteiger partial charge in [0.2, 0.25) is 0 Å². The second-order valence-electron chi connectivity index (χ2n) is 7.60. The molecule has 1 unspecified atom stereocenters. The molecule has 116 valence electrons. The quantitative estimate of drug-likeness (QED) is 0.277. The standard InChI is InChI=1S/C14H25BN4O2/c1-13(2)9-7-10(13)14(3)11(8-9)20-15(21-14)12(16)5-4-6-18-19-17/h9-12H,4-8,16H2,1-3H3/t9-,10?,11+,12+,14-/m0/s1. The van der Waals surface area contributed by atoms with Gasteiger partial charge in [-0.1, -0.05) is 19.0 Å². The molecule has 1 heterocycles. The fraction of sp³-hybridized carbons (Fsp3) is 1.00. The molecule has 21 heavy (non-hydrogen) atoms. The molecular weight excluding hydrogens is 267 g/mol. The van der Waals surface area contributed by atoms with Gasteiger partial charge < -0.3 is 15.0 Å². The summed E-state index contributed by atoms with van der Waals surface area (Å²) in [5.41, 5.74) is 14.7. The summed E-state index contributed by atoms with van der Waals surface area (Å²) in [5, 5.41) is 3.54. The molecule has 6 nitrogen and oxygen atoms in total. The largest absolute Gasteiger partial charge is 0.475 e. The van der Waals surface area contributed by atoms with Crippen molar-refractivity contribution in [2.75, 3.05) is 6.54 Å². The maximum absolute atomic E-state index is 8.28. The van der Waals surface area contributed by atoms with Gasteiger partial charge >= 0.3 is 7.12 Å². The van der Waals surface area contributed by atoms with E-state index < -0.39 is 0 Å². The average Bonchev–Trinajstić information content (AvgIpc) is 2.80. The van der Waals surface area contributed by atoms with Crippen molar-refractivity contribution in [1.29, 1.82) is 0 Å². The Labute approximate surface area is 126 Å². The van der Waals surface area contributed by atoms with Gasteiger partial charge in [0.05, 0.1) is 11.7 Å². The first-order valence-electron chi connectivity index (χ1n) is 7.99. The fourth-order valence-electron chi connectivity index (χ4n) is 4.66. The predicted octanol–water partition coefficient (Wildman–Crippen LogP) is 2.67. The van der Waals surface area contributed by atoms with Gasteiger partial charge in [-0.05, 0) is 55.4 Å². The highest BCUT2D eigenvalue weighted by Gasteiger charge is 2.68. The summed E-state index contributed by atoms with van der Waals surface area (Å²) in [6.45, 7) is 7.38. The van der Waals surface area contributed by atoms with E-state index in [-0.39, 0.29) is 24.8 Å². The van der Waals surface area contributed by atoms with E-state index in [1.165, 1.54) is 6.42 Å². The lowest BCUT2D eigenvalue weighted by molar-refractivity contribution is -0.199. The third kappa shape index (κ3) is 2.27. The molecule has 0 spiro atoms. The van der Waals surface area contributed by atoms with Gasteiger partial charge in [-0.2, -0.15) is 0 Å². The van der Waals surface area contributed by atoms with Crippen LogP contribution in [0.1, 0.15) is 46.5 Å². The van der Waals surface area contributed by atoms with E-state index in [4.69, 9.17) is 20.6 Å². The van der Waals surface area contributed by atoms with E-state index in [2.05, 4.69) is 30.8 Å². The Kier molecular flexibility index (Phi) is 3.73. The zero-order valence-corrected chi connectivity index (χ0v) is 13.2. The van der Waals surface area contributed by atoms with Crippen LogP contribution in [-0.2, 0) is 9.31 Å². The maximum atomic E-state index is 8.28. The summed E-state index contributed by atoms with van der Waals surface area (Å²) in [7, 11) is -0.318. The number of nitrogens with zero attached hydrogens (tertiary/aromatic N) is 3. The molecule has 5 atom stereocenters. The molecule has 3 aliphatic carbocycles. The van der Waals surface area contributed by atoms with Crippen LogP contribution >= 0.6 is 0 Å². The second-order valence-corrected chi connectivity index (χ2v) is 7.60. The van der Waals surface area contributed by atoms with Gasteiger partial charge in [0.25, 0.3) is 0 Å². The van der Waals surface area contributed by atoms with E-state index in [1.807, 2.05) is 0 Å². The van der Waals surface area contributed by atoms with Crippen LogP contribution in [0, 0.1) is 17.3 Å². The molecular formula is C14H25BN4O2. The number of hydrogen-bond donors (Lipinski definition) is 1. The van der Waals surface area contributed by atoms with E-state index in [0.29, 0.717) is 17.9 Å². The number of azide groups is 1. The zero-order valence-electron chi connectivity index (χ0n) is 13.2. The average molecular weight is 292 g/mol. The minimum Gasteiger partial charge on any atom is -0.404 e. The Hall–Kier alpha value is -0.745. The minimum absolute atomic E-state index is 0.151. The smallest absolute Gasteiger partial charge is 0.404 e. The SMILES string of the molecule is CC1(C)C2C[C@H]1C[C@H]1OB([C@H](N)CCCN=[N+]=[N-])O[C@@]21C. The summed E-state index contributed by atoms with van der Waals surface area (Å²) >= 11 is 0. The summed E-state index contributed by atoms with van der Waals surface area (Å²) in [6, 6.07) is 0. The Balaban J connectivity index is 1.61. The molecule has 2 bridgehead atoms. The number of rotatable bonds is 5. The lowest BCUT2D eigenvalue weighted by Gasteiger charge is -2.64. The van der Waals surface area contributed by atoms with Crippen molar-refractivity contribution >= 4 is 7.12 Å². The van der Waals surface area contributed by atoms with Crippen LogP contribution in [0.25, 0.3) is 10.4 Å². The summed E-state index contributed by atoms with van der Waals surface area (Å²) in [5.74, 6) is 1.17. The van der Waals surface area contributed by atoms with Crippen molar-refractivity contribution in [2.24, 2.45) is 28.1 Å². The van der Waals surface area contributed by atoms with Gasteiger partial charge in [-0.25, -0.2) is 0 Å². The molecule has 0 radical (unpaired) electrons. The minimum atomic E-state index is -0.318. The highest BCUT2D eigenvalue weighted by atomic mass is 16.7. The van der Waals surface area contributed by atoms with Crippen molar-refractivity contribution in [3.05, 3.63) is 10.4 Å². The van der Waals surface area contributed by atoms with Gasteiger partial charge in [-0.3, -0.25) is 0 Å². The Morgan fingerprint density at radius 3 is 2.86 bits per heavy atom. The van der Waals surface area contributed by atoms with E-state index in [1.54, 1.807) is 0 Å². The van der Waals surface area contributed by atoms with Crippen LogP contribution in [0.5, 0.6) is 0 Å². The zero-order chi connectivity index (χ0) is 15.3. The molecule has 4 rings (SSSR count). The molecule has 1 aliphatic heterocycles. The Morgan fingerprint density at radius 1 is 1.43 bits per heavy atom. The lowest BCUT2D eigenvalue weighted by Crippen LogP contribution is -2.65. The molecule has 0 amide bonds. The van der Waals surface area contributed by atoms with Crippen molar-refractivity contribution in [3.63, 3.8) is 0 Å². The molecule has 0 aromatic carbocycles. The lowest BCUT2D eigenvalue weighted by atomic mass is 9.43. The molecule has 2 N–H and O–H groups in total. The van der Waals surface area contributed by atoms with Crippen molar-refractivity contribution in [3.8, 4) is 0 Å². The first-order chi connectivity index (χ1) is 9.89. The van der Waals surface area contributed by atoms with Crippen LogP contribution in [-0.4, -0.2) is 31.3 Å². The van der Waals surface area contributed by atoms with Gasteiger partial charge in [0, 0.05) is 17.4 Å². The van der Waals surface area contributed by atoms with Crippen LogP contribution in [0.4, 0.5) is 0 Å². The van der Waals surface area contributed by atoms with Gasteiger partial charge in [-0.15, -0.1) is 0 Å². The van der Waals surface area contributed by atoms with E-state index >= 15 is 0 Å². The van der Waals surface area contributed by atoms with E-state index in [0.717, 1.165) is 25.2 Å².